The van der Waals surface area contributed by atoms with Crippen LogP contribution in [-0.2, 0) is 32.7 Å². The molecule has 2 unspecified atom stereocenters. The standard InChI is InChI=1S/C80H152NO8P/c1-6-8-10-12-14-16-18-20-22-24-26-28-30-32-34-36-38-40-42-44-46-48-50-52-54-56-58-60-62-64-66-68-70-72-79(82)86-76-78(77-88-90(84,85)87-75-74-81(3,4)5)89-80(83)73-71-69-67-65-63-61-59-57-55-53-51-49-47-45-43-41-39-37-35-33-31-29-27-25-23-21-19-17-15-13-11-9-7-2/h19,21,24-27,31,33,78H,6-18,20,22-23,28-30,32,34-77H2,1-5H3/b21-19-,26-24-,27-25-,33-31-. The van der Waals surface area contributed by atoms with Crippen molar-refractivity contribution in [2.75, 3.05) is 47.5 Å². The molecule has 0 spiro atoms. The lowest BCUT2D eigenvalue weighted by Crippen LogP contribution is -2.37. The van der Waals surface area contributed by atoms with Crippen LogP contribution in [0.15, 0.2) is 48.6 Å². The normalized spacial score (nSPS) is 13.3. The van der Waals surface area contributed by atoms with Crippen molar-refractivity contribution in [1.82, 2.24) is 0 Å². The lowest BCUT2D eigenvalue weighted by Gasteiger charge is -2.28. The molecule has 0 aliphatic rings. The molecule has 0 aliphatic heterocycles. The predicted molar refractivity (Wildman–Crippen MR) is 388 cm³/mol. The van der Waals surface area contributed by atoms with Crippen molar-refractivity contribution in [3.8, 4) is 0 Å². The molecule has 9 nitrogen and oxygen atoms in total. The first-order chi connectivity index (χ1) is 44.0. The molecule has 0 aromatic rings. The van der Waals surface area contributed by atoms with E-state index in [0.29, 0.717) is 17.4 Å². The van der Waals surface area contributed by atoms with Gasteiger partial charge in [-0.15, -0.1) is 0 Å². The van der Waals surface area contributed by atoms with E-state index < -0.39 is 26.5 Å². The second-order valence-corrected chi connectivity index (χ2v) is 29.5. The van der Waals surface area contributed by atoms with Crippen molar-refractivity contribution < 1.29 is 42.1 Å². The number of esters is 2. The molecule has 0 rings (SSSR count). The number of quaternary nitrogens is 1. The Labute approximate surface area is 560 Å². The summed E-state index contributed by atoms with van der Waals surface area (Å²) in [5.41, 5.74) is 0. The van der Waals surface area contributed by atoms with Crippen molar-refractivity contribution in [1.29, 1.82) is 0 Å². The molecule has 90 heavy (non-hydrogen) atoms. The van der Waals surface area contributed by atoms with Gasteiger partial charge in [-0.2, -0.15) is 0 Å². The second kappa shape index (κ2) is 71.3. The van der Waals surface area contributed by atoms with Gasteiger partial charge in [-0.1, -0.05) is 358 Å². The number of hydrogen-bond donors (Lipinski definition) is 0. The Bertz CT molecular complexity index is 1660. The first kappa shape index (κ1) is 88.0. The van der Waals surface area contributed by atoms with E-state index in [2.05, 4.69) is 62.5 Å². The molecular weight excluding hydrogens is 1130 g/mol. The number of hydrogen-bond acceptors (Lipinski definition) is 8. The highest BCUT2D eigenvalue weighted by Gasteiger charge is 2.22. The lowest BCUT2D eigenvalue weighted by molar-refractivity contribution is -0.870. The summed E-state index contributed by atoms with van der Waals surface area (Å²) in [6, 6.07) is 0. The average Bonchev–Trinajstić information content (AvgIpc) is 3.58. The number of allylic oxidation sites excluding steroid dienone is 8. The number of phosphoric acid groups is 1. The third kappa shape index (κ3) is 75.0. The molecule has 0 aromatic carbocycles. The van der Waals surface area contributed by atoms with Crippen LogP contribution in [0.5, 0.6) is 0 Å². The van der Waals surface area contributed by atoms with Crippen molar-refractivity contribution in [3.05, 3.63) is 48.6 Å². The summed E-state index contributed by atoms with van der Waals surface area (Å²) in [5.74, 6) is -0.810. The van der Waals surface area contributed by atoms with Crippen LogP contribution < -0.4 is 4.89 Å². The van der Waals surface area contributed by atoms with Gasteiger partial charge in [0, 0.05) is 12.8 Å². The molecule has 0 amide bonds. The quantitative estimate of drug-likeness (QED) is 0.0195. The topological polar surface area (TPSA) is 111 Å². The Hall–Kier alpha value is -2.03. The molecule has 0 saturated carbocycles. The van der Waals surface area contributed by atoms with Crippen LogP contribution in [0.4, 0.5) is 0 Å². The summed E-state index contributed by atoms with van der Waals surface area (Å²) >= 11 is 0. The zero-order valence-electron chi connectivity index (χ0n) is 60.6. The summed E-state index contributed by atoms with van der Waals surface area (Å²) in [6.45, 7) is 4.30. The van der Waals surface area contributed by atoms with Gasteiger partial charge in [-0.25, -0.2) is 0 Å². The van der Waals surface area contributed by atoms with Crippen LogP contribution in [0.2, 0.25) is 0 Å². The van der Waals surface area contributed by atoms with Crippen LogP contribution in [0, 0.1) is 0 Å². The Morgan fingerprint density at radius 1 is 0.344 bits per heavy atom. The Morgan fingerprint density at radius 3 is 0.900 bits per heavy atom. The number of carbonyl (C=O) groups is 2. The minimum Gasteiger partial charge on any atom is -0.756 e. The minimum atomic E-state index is -4.64. The van der Waals surface area contributed by atoms with Gasteiger partial charge in [0.1, 0.15) is 19.8 Å². The third-order valence-electron chi connectivity index (χ3n) is 17.8. The van der Waals surface area contributed by atoms with E-state index in [9.17, 15) is 19.0 Å². The molecule has 530 valence electrons. The number of unbranched alkanes of at least 4 members (excludes halogenated alkanes) is 52. The summed E-state index contributed by atoms with van der Waals surface area (Å²) in [5, 5.41) is 0. The Balaban J connectivity index is 3.94. The van der Waals surface area contributed by atoms with Crippen LogP contribution in [-0.4, -0.2) is 70.0 Å². The zero-order chi connectivity index (χ0) is 65.5. The predicted octanol–water partition coefficient (Wildman–Crippen LogP) is 25.3. The number of likely N-dealkylation sites (N-methyl/N-ethyl adjacent to an activating group) is 1. The van der Waals surface area contributed by atoms with Crippen molar-refractivity contribution >= 4 is 19.8 Å². The minimum absolute atomic E-state index is 0.0284. The fraction of sp³-hybridized carbons (Fsp3) is 0.875. The van der Waals surface area contributed by atoms with Crippen molar-refractivity contribution in [2.24, 2.45) is 0 Å². The van der Waals surface area contributed by atoms with E-state index in [0.717, 1.165) is 44.9 Å². The van der Waals surface area contributed by atoms with Gasteiger partial charge in [0.15, 0.2) is 6.10 Å². The van der Waals surface area contributed by atoms with Crippen LogP contribution in [0.1, 0.15) is 399 Å². The van der Waals surface area contributed by atoms with Crippen molar-refractivity contribution in [2.45, 2.75) is 405 Å². The zero-order valence-corrected chi connectivity index (χ0v) is 61.5. The molecular formula is C80H152NO8P. The summed E-state index contributed by atoms with van der Waals surface area (Å²) in [7, 11) is 1.19. The lowest BCUT2D eigenvalue weighted by atomic mass is 10.0. The van der Waals surface area contributed by atoms with Gasteiger partial charge >= 0.3 is 11.9 Å². The van der Waals surface area contributed by atoms with Gasteiger partial charge in [0.25, 0.3) is 7.82 Å². The van der Waals surface area contributed by atoms with Gasteiger partial charge in [0.05, 0.1) is 27.7 Å². The van der Waals surface area contributed by atoms with E-state index >= 15 is 0 Å². The fourth-order valence-corrected chi connectivity index (χ4v) is 12.5. The maximum absolute atomic E-state index is 12.9. The molecule has 0 saturated heterocycles. The van der Waals surface area contributed by atoms with E-state index in [4.69, 9.17) is 18.5 Å². The highest BCUT2D eigenvalue weighted by Crippen LogP contribution is 2.38. The SMILES string of the molecule is CCCCCCC/C=C\C/C=C\C/C=C\CCCCCCCCCCCCCCCCCCCCC(=O)OC(COC(=O)CCCCCCCCCCCCCCCCCCCCCCC/C=C\CCCCCCCCCC)COP(=O)([O-])OCC[N+](C)(C)C. The summed E-state index contributed by atoms with van der Waals surface area (Å²) in [4.78, 5) is 38.2. The molecule has 0 aliphatic carbocycles. The maximum Gasteiger partial charge on any atom is 0.306 e. The number of phosphoric ester groups is 1. The van der Waals surface area contributed by atoms with Gasteiger partial charge < -0.3 is 27.9 Å². The van der Waals surface area contributed by atoms with Gasteiger partial charge in [-0.3, -0.25) is 14.2 Å². The molecule has 0 fully saturated rings. The van der Waals surface area contributed by atoms with E-state index in [-0.39, 0.29) is 32.0 Å². The monoisotopic (exact) mass is 1290 g/mol. The number of rotatable bonds is 74. The summed E-state index contributed by atoms with van der Waals surface area (Å²) < 4.78 is 34.4. The third-order valence-corrected chi connectivity index (χ3v) is 18.8. The largest absolute Gasteiger partial charge is 0.756 e. The molecule has 0 N–H and O–H groups in total. The fourth-order valence-electron chi connectivity index (χ4n) is 11.8. The molecule has 0 bridgehead atoms. The number of ether oxygens (including phenoxy) is 2. The van der Waals surface area contributed by atoms with Crippen LogP contribution >= 0.6 is 7.82 Å². The van der Waals surface area contributed by atoms with Crippen LogP contribution in [0.25, 0.3) is 0 Å². The first-order valence-electron chi connectivity index (χ1n) is 39.3. The highest BCUT2D eigenvalue weighted by molar-refractivity contribution is 7.45. The van der Waals surface area contributed by atoms with Gasteiger partial charge in [-0.05, 0) is 77.0 Å². The van der Waals surface area contributed by atoms with Gasteiger partial charge in [0.2, 0.25) is 0 Å². The molecule has 0 aromatic heterocycles. The molecule has 0 radical (unpaired) electrons. The van der Waals surface area contributed by atoms with E-state index in [1.54, 1.807) is 0 Å². The molecule has 2 atom stereocenters. The molecule has 10 heteroatoms. The maximum atomic E-state index is 12.9. The molecule has 0 heterocycles. The Morgan fingerprint density at radius 2 is 0.600 bits per heavy atom. The summed E-state index contributed by atoms with van der Waals surface area (Å²) in [6.07, 6.45) is 93.7. The second-order valence-electron chi connectivity index (χ2n) is 28.1. The Kier molecular flexibility index (Phi) is 69.7. The highest BCUT2D eigenvalue weighted by atomic mass is 31.2. The number of carbonyl (C=O) groups excluding carboxylic acids is 2. The average molecular weight is 1290 g/mol. The first-order valence-corrected chi connectivity index (χ1v) is 40.8. The number of nitrogens with zero attached hydrogens (tertiary/aromatic N) is 1. The van der Waals surface area contributed by atoms with Crippen molar-refractivity contribution in [3.63, 3.8) is 0 Å². The van der Waals surface area contributed by atoms with E-state index in [1.165, 1.54) is 321 Å². The smallest absolute Gasteiger partial charge is 0.306 e. The van der Waals surface area contributed by atoms with E-state index in [1.807, 2.05) is 21.1 Å². The van der Waals surface area contributed by atoms with Crippen LogP contribution in [0.3, 0.4) is 0 Å².